The van der Waals surface area contributed by atoms with Crippen LogP contribution in [0.5, 0.6) is 0 Å². The molecule has 3 amide bonds. The minimum Gasteiger partial charge on any atom is -0.359 e. The Balaban J connectivity index is 1.63. The van der Waals surface area contributed by atoms with E-state index in [1.165, 1.54) is 15.8 Å². The van der Waals surface area contributed by atoms with Gasteiger partial charge in [0.2, 0.25) is 5.91 Å². The summed E-state index contributed by atoms with van der Waals surface area (Å²) >= 11 is 0. The molecule has 9 nitrogen and oxygen atoms in total. The molecule has 0 aliphatic heterocycles. The van der Waals surface area contributed by atoms with Gasteiger partial charge in [-0.15, -0.1) is 5.10 Å². The van der Waals surface area contributed by atoms with E-state index >= 15 is 0 Å². The lowest BCUT2D eigenvalue weighted by atomic mass is 10.2. The second-order valence-electron chi connectivity index (χ2n) is 5.42. The Morgan fingerprint density at radius 1 is 1.25 bits per heavy atom. The van der Waals surface area contributed by atoms with Crippen LogP contribution in [0.2, 0.25) is 0 Å². The maximum atomic E-state index is 12.2. The summed E-state index contributed by atoms with van der Waals surface area (Å²) in [6, 6.07) is 7.37. The number of hydrogen-bond donors (Lipinski definition) is 3. The molecule has 24 heavy (non-hydrogen) atoms. The third-order valence-corrected chi connectivity index (χ3v) is 3.35. The van der Waals surface area contributed by atoms with Crippen molar-refractivity contribution in [2.45, 2.75) is 6.54 Å². The number of para-hydroxylation sites is 1. The first-order chi connectivity index (χ1) is 11.5. The number of nitrogens with zero attached hydrogens (tertiary/aromatic N) is 4. The lowest BCUT2D eigenvalue weighted by Crippen LogP contribution is -2.27. The molecule has 3 rings (SSSR count). The zero-order chi connectivity index (χ0) is 17.1. The molecule has 2 aromatic heterocycles. The normalized spacial score (nSPS) is 10.6. The Kier molecular flexibility index (Phi) is 4.15. The molecule has 3 N–H and O–H groups in total. The molecule has 0 bridgehead atoms. The monoisotopic (exact) mass is 327 g/mol. The van der Waals surface area contributed by atoms with Crippen LogP contribution in [0.3, 0.4) is 0 Å². The maximum absolute atomic E-state index is 12.2. The van der Waals surface area contributed by atoms with Gasteiger partial charge in [-0.05, 0) is 6.07 Å². The van der Waals surface area contributed by atoms with Crippen LogP contribution in [0.4, 0.5) is 16.3 Å². The zero-order valence-corrected chi connectivity index (χ0v) is 13.3. The number of benzene rings is 1. The van der Waals surface area contributed by atoms with Crippen LogP contribution in [0.1, 0.15) is 0 Å². The molecule has 124 valence electrons. The second-order valence-corrected chi connectivity index (χ2v) is 5.42. The third kappa shape index (κ3) is 3.35. The highest BCUT2D eigenvalue weighted by molar-refractivity contribution is 6.01. The largest absolute Gasteiger partial charge is 0.359 e. The molecule has 1 aromatic carbocycles. The van der Waals surface area contributed by atoms with Gasteiger partial charge in [0.15, 0.2) is 5.82 Å². The molecule has 3 aromatic rings. The number of H-pyrrole nitrogens is 1. The van der Waals surface area contributed by atoms with Gasteiger partial charge in [-0.1, -0.05) is 23.4 Å². The van der Waals surface area contributed by atoms with Crippen LogP contribution in [0.25, 0.3) is 10.9 Å². The van der Waals surface area contributed by atoms with Crippen LogP contribution >= 0.6 is 0 Å². The molecular formula is C15H17N7O2. The number of aromatic nitrogens is 4. The van der Waals surface area contributed by atoms with E-state index in [-0.39, 0.29) is 24.3 Å². The van der Waals surface area contributed by atoms with Gasteiger partial charge in [0.05, 0.1) is 11.9 Å². The fourth-order valence-corrected chi connectivity index (χ4v) is 2.17. The van der Waals surface area contributed by atoms with E-state index in [0.717, 1.165) is 10.9 Å². The van der Waals surface area contributed by atoms with Crippen molar-refractivity contribution in [2.75, 3.05) is 24.7 Å². The summed E-state index contributed by atoms with van der Waals surface area (Å²) in [5.41, 5.74) is 1.65. The maximum Gasteiger partial charge on any atom is 0.322 e. The van der Waals surface area contributed by atoms with E-state index in [1.807, 2.05) is 24.3 Å². The van der Waals surface area contributed by atoms with Crippen molar-refractivity contribution in [3.8, 4) is 0 Å². The highest BCUT2D eigenvalue weighted by Crippen LogP contribution is 2.22. The molecule has 0 fully saturated rings. The molecule has 0 saturated carbocycles. The number of carbonyl (C=O) groups is 2. The topological polar surface area (TPSA) is 108 Å². The number of nitrogens with one attached hydrogen (secondary N) is 3. The lowest BCUT2D eigenvalue weighted by Gasteiger charge is -2.09. The number of carbonyl (C=O) groups excluding carboxylic acids is 2. The zero-order valence-electron chi connectivity index (χ0n) is 13.3. The minimum atomic E-state index is -0.315. The van der Waals surface area contributed by atoms with Crippen molar-refractivity contribution in [1.29, 1.82) is 0 Å². The highest BCUT2D eigenvalue weighted by Gasteiger charge is 2.11. The predicted octanol–water partition coefficient (Wildman–Crippen LogP) is 1.49. The summed E-state index contributed by atoms with van der Waals surface area (Å²) in [6.07, 6.45) is 3.24. The first-order valence-corrected chi connectivity index (χ1v) is 7.27. The number of fused-ring (bicyclic) bond motifs is 1. The van der Waals surface area contributed by atoms with Gasteiger partial charge in [-0.25, -0.2) is 9.48 Å². The van der Waals surface area contributed by atoms with Gasteiger partial charge in [-0.2, -0.15) is 0 Å². The molecule has 0 aliphatic rings. The van der Waals surface area contributed by atoms with Crippen LogP contribution in [0, 0.1) is 0 Å². The van der Waals surface area contributed by atoms with Crippen molar-refractivity contribution in [3.63, 3.8) is 0 Å². The smallest absolute Gasteiger partial charge is 0.322 e. The van der Waals surface area contributed by atoms with E-state index < -0.39 is 0 Å². The lowest BCUT2D eigenvalue weighted by molar-refractivity contribution is -0.116. The van der Waals surface area contributed by atoms with Crippen molar-refractivity contribution >= 4 is 34.3 Å². The fraction of sp³-hybridized carbons (Fsp3) is 0.200. The van der Waals surface area contributed by atoms with Gasteiger partial charge >= 0.3 is 6.03 Å². The number of rotatable bonds is 4. The molecule has 2 heterocycles. The van der Waals surface area contributed by atoms with Gasteiger partial charge < -0.3 is 15.2 Å². The Labute approximate surface area is 137 Å². The molecule has 0 radical (unpaired) electrons. The number of urea groups is 1. The molecular weight excluding hydrogens is 310 g/mol. The van der Waals surface area contributed by atoms with Crippen LogP contribution < -0.4 is 10.6 Å². The Morgan fingerprint density at radius 3 is 2.83 bits per heavy atom. The van der Waals surface area contributed by atoms with E-state index in [1.54, 1.807) is 20.3 Å². The Hall–Kier alpha value is -3.36. The average Bonchev–Trinajstić information content (AvgIpc) is 3.15. The average molecular weight is 327 g/mol. The first kappa shape index (κ1) is 15.5. The van der Waals surface area contributed by atoms with Crippen LogP contribution in [-0.4, -0.2) is 50.9 Å². The van der Waals surface area contributed by atoms with E-state index in [0.29, 0.717) is 5.69 Å². The summed E-state index contributed by atoms with van der Waals surface area (Å²) in [7, 11) is 3.24. The molecule has 0 saturated heterocycles. The summed E-state index contributed by atoms with van der Waals surface area (Å²) in [5.74, 6) is 0.0451. The Morgan fingerprint density at radius 2 is 2.04 bits per heavy atom. The van der Waals surface area contributed by atoms with Gasteiger partial charge in [0.25, 0.3) is 0 Å². The van der Waals surface area contributed by atoms with Gasteiger partial charge in [0, 0.05) is 31.2 Å². The molecule has 0 aliphatic carbocycles. The third-order valence-electron chi connectivity index (χ3n) is 3.35. The van der Waals surface area contributed by atoms with E-state index in [4.69, 9.17) is 0 Å². The van der Waals surface area contributed by atoms with Crippen molar-refractivity contribution < 1.29 is 9.59 Å². The van der Waals surface area contributed by atoms with Crippen molar-refractivity contribution in [1.82, 2.24) is 24.9 Å². The number of hydrogen-bond acceptors (Lipinski definition) is 4. The first-order valence-electron chi connectivity index (χ1n) is 7.27. The number of anilines is 2. The highest BCUT2D eigenvalue weighted by atomic mass is 16.2. The SMILES string of the molecule is CN(C)C(=O)Nc1cn(CC(=O)Nc2c[nH]c3ccccc23)nn1. The predicted molar refractivity (Wildman–Crippen MR) is 89.7 cm³/mol. The fourth-order valence-electron chi connectivity index (χ4n) is 2.17. The number of aromatic amines is 1. The molecule has 0 spiro atoms. The van der Waals surface area contributed by atoms with E-state index in [9.17, 15) is 9.59 Å². The van der Waals surface area contributed by atoms with Crippen molar-refractivity contribution in [3.05, 3.63) is 36.7 Å². The number of amides is 3. The summed E-state index contributed by atoms with van der Waals surface area (Å²) < 4.78 is 1.36. The summed E-state index contributed by atoms with van der Waals surface area (Å²) in [5, 5.41) is 14.0. The molecule has 9 heteroatoms. The Bertz CT molecular complexity index is 881. The second kappa shape index (κ2) is 6.41. The molecule has 0 unspecified atom stereocenters. The van der Waals surface area contributed by atoms with Crippen molar-refractivity contribution in [2.24, 2.45) is 0 Å². The van der Waals surface area contributed by atoms with Gasteiger partial charge in [-0.3, -0.25) is 10.1 Å². The van der Waals surface area contributed by atoms with E-state index in [2.05, 4.69) is 25.9 Å². The van der Waals surface area contributed by atoms with Crippen LogP contribution in [-0.2, 0) is 11.3 Å². The summed E-state index contributed by atoms with van der Waals surface area (Å²) in [4.78, 5) is 28.2. The molecule has 0 atom stereocenters. The van der Waals surface area contributed by atoms with Crippen LogP contribution in [0.15, 0.2) is 36.7 Å². The summed E-state index contributed by atoms with van der Waals surface area (Å²) in [6.45, 7) is -0.00958. The minimum absolute atomic E-state index is 0.00958. The standard InChI is InChI=1S/C15H17N7O2/c1-21(2)15(24)18-13-8-22(20-19-13)9-14(23)17-12-7-16-11-6-4-3-5-10(11)12/h3-8,16H,9H2,1-2H3,(H,17,23)(H,18,24). The van der Waals surface area contributed by atoms with Gasteiger partial charge in [0.1, 0.15) is 6.54 Å². The quantitative estimate of drug-likeness (QED) is 0.674.